The van der Waals surface area contributed by atoms with Gasteiger partial charge >= 0.3 is 0 Å². The van der Waals surface area contributed by atoms with Crippen LogP contribution in [0.5, 0.6) is 0 Å². The summed E-state index contributed by atoms with van der Waals surface area (Å²) in [5.41, 5.74) is 5.78. The Balaban J connectivity index is 0. The molecule has 1 heterocycles. The van der Waals surface area contributed by atoms with Crippen LogP contribution in [-0.2, 0) is 0 Å². The molecule has 1 saturated heterocycles. The molecule has 0 saturated carbocycles. The lowest BCUT2D eigenvalue weighted by atomic mass is 10.2. The number of nitrogens with zero attached hydrogens (tertiary/aromatic N) is 1. The highest BCUT2D eigenvalue weighted by atomic mass is 15.1. The van der Waals surface area contributed by atoms with Crippen molar-refractivity contribution in [2.45, 2.75) is 53.0 Å². The lowest BCUT2D eigenvalue weighted by Crippen LogP contribution is -2.33. The number of likely N-dealkylation sites (N-methyl/N-ethyl adjacent to an activating group) is 1. The Morgan fingerprint density at radius 1 is 1.08 bits per heavy atom. The van der Waals surface area contributed by atoms with Crippen LogP contribution in [-0.4, -0.2) is 31.1 Å². The molecule has 0 bridgehead atoms. The first-order valence-corrected chi connectivity index (χ1v) is 5.73. The fourth-order valence-corrected chi connectivity index (χ4v) is 1.37. The van der Waals surface area contributed by atoms with Crippen LogP contribution in [0, 0.1) is 0 Å². The zero-order chi connectivity index (χ0) is 10.7. The Bertz CT molecular complexity index is 74.2. The van der Waals surface area contributed by atoms with E-state index in [0.29, 0.717) is 6.04 Å². The molecule has 2 heteroatoms. The highest BCUT2D eigenvalue weighted by Gasteiger charge is 2.10. The molecule has 2 N–H and O–H groups in total. The van der Waals surface area contributed by atoms with Crippen molar-refractivity contribution in [3.8, 4) is 0 Å². The third-order valence-corrected chi connectivity index (χ3v) is 1.91. The largest absolute Gasteiger partial charge is 0.327 e. The van der Waals surface area contributed by atoms with E-state index in [1.54, 1.807) is 0 Å². The summed E-state index contributed by atoms with van der Waals surface area (Å²) in [6.07, 6.45) is 3.85. The van der Waals surface area contributed by atoms with Gasteiger partial charge in [-0.1, -0.05) is 34.1 Å². The lowest BCUT2D eigenvalue weighted by Gasteiger charge is -2.15. The molecule has 0 aliphatic carbocycles. The number of nitrogens with two attached hydrogens (primary N) is 1. The quantitative estimate of drug-likeness (QED) is 0.633. The summed E-state index contributed by atoms with van der Waals surface area (Å²) in [4.78, 5) is 2.32. The van der Waals surface area contributed by atoms with Gasteiger partial charge in [-0.15, -0.1) is 0 Å². The van der Waals surface area contributed by atoms with Gasteiger partial charge in [-0.3, -0.25) is 0 Å². The molecular weight excluding hydrogens is 160 g/mol. The van der Waals surface area contributed by atoms with Gasteiger partial charge < -0.3 is 10.6 Å². The van der Waals surface area contributed by atoms with Crippen LogP contribution in [0.4, 0.5) is 0 Å². The standard InChI is InChI=1S/C7H16N2.2C2H6/c1-9-5-3-2-4-7(8)6-9;2*1-2/h7H,2-6,8H2,1H3;2*1-2H3. The van der Waals surface area contributed by atoms with Crippen LogP contribution in [0.1, 0.15) is 47.0 Å². The Kier molecular flexibility index (Phi) is 14.1. The van der Waals surface area contributed by atoms with Crippen LogP contribution in [0.3, 0.4) is 0 Å². The van der Waals surface area contributed by atoms with Gasteiger partial charge in [0, 0.05) is 12.6 Å². The predicted molar refractivity (Wildman–Crippen MR) is 62.0 cm³/mol. The molecule has 13 heavy (non-hydrogen) atoms. The second kappa shape index (κ2) is 11.9. The molecule has 1 unspecified atom stereocenters. The summed E-state index contributed by atoms with van der Waals surface area (Å²) in [6, 6.07) is 0.428. The molecule has 0 radical (unpaired) electrons. The van der Waals surface area contributed by atoms with E-state index < -0.39 is 0 Å². The molecule has 1 aliphatic rings. The minimum atomic E-state index is 0.428. The van der Waals surface area contributed by atoms with Crippen molar-refractivity contribution in [2.24, 2.45) is 5.73 Å². The maximum absolute atomic E-state index is 5.78. The minimum Gasteiger partial charge on any atom is -0.327 e. The molecule has 0 aromatic heterocycles. The fraction of sp³-hybridized carbons (Fsp3) is 1.00. The van der Waals surface area contributed by atoms with Crippen molar-refractivity contribution in [2.75, 3.05) is 20.1 Å². The number of rotatable bonds is 0. The molecule has 1 atom stereocenters. The van der Waals surface area contributed by atoms with Gasteiger partial charge in [-0.25, -0.2) is 0 Å². The molecular formula is C11H28N2. The summed E-state index contributed by atoms with van der Waals surface area (Å²) in [6.45, 7) is 10.3. The van der Waals surface area contributed by atoms with Gasteiger partial charge in [0.25, 0.3) is 0 Å². The van der Waals surface area contributed by atoms with Crippen molar-refractivity contribution in [1.29, 1.82) is 0 Å². The zero-order valence-electron chi connectivity index (χ0n) is 10.1. The summed E-state index contributed by atoms with van der Waals surface area (Å²) in [7, 11) is 2.14. The van der Waals surface area contributed by atoms with E-state index in [1.807, 2.05) is 27.7 Å². The van der Waals surface area contributed by atoms with Crippen molar-refractivity contribution in [3.05, 3.63) is 0 Å². The first-order chi connectivity index (χ1) is 6.29. The molecule has 0 spiro atoms. The van der Waals surface area contributed by atoms with Gasteiger partial charge in [0.05, 0.1) is 0 Å². The van der Waals surface area contributed by atoms with E-state index in [1.165, 1.54) is 25.8 Å². The number of likely N-dealkylation sites (tertiary alicyclic amines) is 1. The van der Waals surface area contributed by atoms with Crippen molar-refractivity contribution < 1.29 is 0 Å². The van der Waals surface area contributed by atoms with Crippen molar-refractivity contribution in [3.63, 3.8) is 0 Å². The first-order valence-electron chi connectivity index (χ1n) is 5.73. The SMILES string of the molecule is CC.CC.CN1CCCCC(N)C1. The second-order valence-electron chi connectivity index (χ2n) is 3.02. The van der Waals surface area contributed by atoms with Crippen molar-refractivity contribution >= 4 is 0 Å². The molecule has 82 valence electrons. The third kappa shape index (κ3) is 9.84. The predicted octanol–water partition coefficient (Wildman–Crippen LogP) is 2.48. The highest BCUT2D eigenvalue weighted by Crippen LogP contribution is 2.06. The van der Waals surface area contributed by atoms with Crippen LogP contribution in [0.25, 0.3) is 0 Å². The minimum absolute atomic E-state index is 0.428. The summed E-state index contributed by atoms with van der Waals surface area (Å²) >= 11 is 0. The topological polar surface area (TPSA) is 29.3 Å². The van der Waals surface area contributed by atoms with Crippen LogP contribution >= 0.6 is 0 Å². The van der Waals surface area contributed by atoms with E-state index in [4.69, 9.17) is 5.73 Å². The van der Waals surface area contributed by atoms with Gasteiger partial charge in [-0.05, 0) is 26.4 Å². The molecule has 0 aromatic rings. The number of hydrogen-bond donors (Lipinski definition) is 1. The Morgan fingerprint density at radius 3 is 2.15 bits per heavy atom. The van der Waals surface area contributed by atoms with Crippen LogP contribution in [0.15, 0.2) is 0 Å². The molecule has 0 aromatic carbocycles. The maximum Gasteiger partial charge on any atom is 0.0167 e. The first kappa shape index (κ1) is 15.4. The fourth-order valence-electron chi connectivity index (χ4n) is 1.37. The third-order valence-electron chi connectivity index (χ3n) is 1.91. The van der Waals surface area contributed by atoms with Crippen molar-refractivity contribution in [1.82, 2.24) is 4.90 Å². The smallest absolute Gasteiger partial charge is 0.0167 e. The summed E-state index contributed by atoms with van der Waals surface area (Å²) in [5, 5.41) is 0. The molecule has 0 amide bonds. The normalized spacial score (nSPS) is 23.1. The van der Waals surface area contributed by atoms with Gasteiger partial charge in [0.15, 0.2) is 0 Å². The van der Waals surface area contributed by atoms with E-state index in [9.17, 15) is 0 Å². The van der Waals surface area contributed by atoms with Gasteiger partial charge in [-0.2, -0.15) is 0 Å². The van der Waals surface area contributed by atoms with Crippen LogP contribution < -0.4 is 5.73 Å². The second-order valence-corrected chi connectivity index (χ2v) is 3.02. The van der Waals surface area contributed by atoms with Gasteiger partial charge in [0.2, 0.25) is 0 Å². The van der Waals surface area contributed by atoms with Crippen LogP contribution in [0.2, 0.25) is 0 Å². The number of hydrogen-bond acceptors (Lipinski definition) is 2. The average molecular weight is 188 g/mol. The summed E-state index contributed by atoms with van der Waals surface area (Å²) in [5.74, 6) is 0. The van der Waals surface area contributed by atoms with E-state index in [-0.39, 0.29) is 0 Å². The maximum atomic E-state index is 5.78. The molecule has 1 rings (SSSR count). The molecule has 1 fully saturated rings. The Labute approximate surface area is 84.5 Å². The lowest BCUT2D eigenvalue weighted by molar-refractivity contribution is 0.333. The average Bonchev–Trinajstić information content (AvgIpc) is 2.36. The molecule has 2 nitrogen and oxygen atoms in total. The Hall–Kier alpha value is -0.0800. The zero-order valence-corrected chi connectivity index (χ0v) is 10.1. The summed E-state index contributed by atoms with van der Waals surface area (Å²) < 4.78 is 0. The Morgan fingerprint density at radius 2 is 1.62 bits per heavy atom. The van der Waals surface area contributed by atoms with E-state index in [0.717, 1.165) is 6.54 Å². The van der Waals surface area contributed by atoms with Gasteiger partial charge in [0.1, 0.15) is 0 Å². The monoisotopic (exact) mass is 188 g/mol. The highest BCUT2D eigenvalue weighted by molar-refractivity contribution is 4.69. The van der Waals surface area contributed by atoms with E-state index in [2.05, 4.69) is 11.9 Å². The molecule has 1 aliphatic heterocycles. The van der Waals surface area contributed by atoms with E-state index >= 15 is 0 Å².